The topological polar surface area (TPSA) is 83.9 Å². The number of aliphatic hydroxyl groups excluding tert-OH is 1. The minimum atomic E-state index is -0.972. The van der Waals surface area contributed by atoms with Crippen molar-refractivity contribution >= 4 is 0 Å². The maximum atomic E-state index is 10.6. The van der Waals surface area contributed by atoms with Gasteiger partial charge >= 0.3 is 253 Å². The summed E-state index contributed by atoms with van der Waals surface area (Å²) in [5.74, 6) is 4.72. The summed E-state index contributed by atoms with van der Waals surface area (Å²) in [6.45, 7) is 1.67. The van der Waals surface area contributed by atoms with Crippen LogP contribution in [-0.4, -0.2) is 59.7 Å². The number of benzene rings is 4. The van der Waals surface area contributed by atoms with Gasteiger partial charge < -0.3 is 9.84 Å². The second-order valence-electron chi connectivity index (χ2n) is 14.3. The fraction of sp³-hybridized carbons (Fsp3) is 0.415. The van der Waals surface area contributed by atoms with E-state index in [1.807, 2.05) is 0 Å². The van der Waals surface area contributed by atoms with E-state index in [0.29, 0.717) is 34.5 Å². The Kier molecular flexibility index (Phi) is 9.45. The zero-order valence-electron chi connectivity index (χ0n) is 29.2. The Morgan fingerprint density at radius 3 is 2.24 bits per heavy atom. The van der Waals surface area contributed by atoms with Crippen LogP contribution in [0.3, 0.4) is 0 Å². The van der Waals surface area contributed by atoms with Crippen LogP contribution in [0.15, 0.2) is 60.7 Å². The molecule has 50 heavy (non-hydrogen) atoms. The third-order valence-corrected chi connectivity index (χ3v) is 13.5. The van der Waals surface area contributed by atoms with Gasteiger partial charge in [-0.05, 0) is 12.5 Å². The molecule has 4 aliphatic heterocycles. The third kappa shape index (κ3) is 6.25. The van der Waals surface area contributed by atoms with Crippen LogP contribution >= 0.6 is 0 Å². The fourth-order valence-corrected chi connectivity index (χ4v) is 10.2. The predicted molar refractivity (Wildman–Crippen MR) is 188 cm³/mol. The second-order valence-corrected chi connectivity index (χ2v) is 16.2. The number of hydrogen-bond acceptors (Lipinski definition) is 8. The van der Waals surface area contributed by atoms with E-state index in [2.05, 4.69) is 84.6 Å². The molecule has 1 fully saturated rings. The van der Waals surface area contributed by atoms with Crippen LogP contribution in [0.4, 0.5) is 0 Å². The number of nitrogens with zero attached hydrogens (tertiary/aromatic N) is 2. The molecule has 0 saturated heterocycles. The van der Waals surface area contributed by atoms with Crippen molar-refractivity contribution in [2.24, 2.45) is 5.92 Å². The number of alkyl halides is 1. The Balaban J connectivity index is 1.32. The molecule has 0 amide bonds. The minimum absolute atomic E-state index is 0.0135. The van der Waals surface area contributed by atoms with E-state index in [9.17, 15) is 8.54 Å². The summed E-state index contributed by atoms with van der Waals surface area (Å²) in [6.07, 6.45) is 5.65. The van der Waals surface area contributed by atoms with E-state index in [1.54, 1.807) is 14.2 Å². The first-order valence-corrected chi connectivity index (χ1v) is 19.9. The average Bonchev–Trinajstić information content (AvgIpc) is 3.97. The number of rotatable bonds is 6. The number of methoxy groups -OCH3 is 2. The molecule has 0 aromatic heterocycles. The zero-order valence-corrected chi connectivity index (χ0v) is 31.4. The van der Waals surface area contributed by atoms with E-state index >= 15 is 0 Å². The van der Waals surface area contributed by atoms with Crippen LogP contribution in [0, 0.1) is 5.92 Å². The third-order valence-electron chi connectivity index (χ3n) is 11.2. The Hall–Kier alpha value is -3.35. The van der Waals surface area contributed by atoms with Gasteiger partial charge in [-0.2, -0.15) is 0 Å². The summed E-state index contributed by atoms with van der Waals surface area (Å²) < 4.78 is 36.6. The van der Waals surface area contributed by atoms with Gasteiger partial charge in [0.2, 0.25) is 0 Å². The van der Waals surface area contributed by atoms with Gasteiger partial charge in [-0.3, -0.25) is 0 Å². The molecule has 8 nitrogen and oxygen atoms in total. The molecule has 0 radical (unpaired) electrons. The molecule has 3 atom stereocenters. The van der Waals surface area contributed by atoms with Crippen molar-refractivity contribution in [2.75, 3.05) is 41.4 Å². The van der Waals surface area contributed by atoms with E-state index in [-0.39, 0.29) is 22.6 Å². The molecule has 9 heteroatoms. The Labute approximate surface area is 305 Å². The van der Waals surface area contributed by atoms with Gasteiger partial charge in [-0.15, -0.1) is 0 Å². The van der Waals surface area contributed by atoms with Crippen molar-refractivity contribution in [3.8, 4) is 34.5 Å². The van der Waals surface area contributed by atoms with E-state index < -0.39 is 21.6 Å². The first kappa shape index (κ1) is 33.8. The molecule has 1 aliphatic carbocycles. The molecule has 4 aromatic carbocycles. The van der Waals surface area contributed by atoms with E-state index in [4.69, 9.17) is 18.9 Å². The minimum Gasteiger partial charge on any atom is -0.0145 e. The summed E-state index contributed by atoms with van der Waals surface area (Å²) >= 11 is -0.972. The maximum absolute atomic E-state index is 10.6. The van der Waals surface area contributed by atoms with Crippen LogP contribution in [0.1, 0.15) is 73.4 Å². The van der Waals surface area contributed by atoms with Gasteiger partial charge in [0.1, 0.15) is 0 Å². The molecule has 264 valence electrons. The number of halogens is 1. The van der Waals surface area contributed by atoms with Gasteiger partial charge in [0.25, 0.3) is 0 Å². The summed E-state index contributed by atoms with van der Waals surface area (Å²) in [6, 6.07) is 21.6. The number of likely N-dealkylation sites (N-methyl/N-ethyl adjacent to an activating group) is 2. The van der Waals surface area contributed by atoms with Crippen molar-refractivity contribution in [3.05, 3.63) is 105 Å². The van der Waals surface area contributed by atoms with Crippen LogP contribution in [0.2, 0.25) is 0 Å². The first-order valence-electron chi connectivity index (χ1n) is 17.7. The number of hydrogen-bond donors (Lipinski definition) is 2. The molecule has 4 heterocycles. The summed E-state index contributed by atoms with van der Waals surface area (Å²) in [5.41, 5.74) is 8.94. The number of fused-ring (bicyclic) bond motifs is 2. The molecule has 1 saturated carbocycles. The van der Waals surface area contributed by atoms with Gasteiger partial charge in [-0.1, -0.05) is 0 Å². The molecule has 4 aromatic rings. The normalized spacial score (nSPS) is 21.0. The van der Waals surface area contributed by atoms with Gasteiger partial charge in [0.05, 0.1) is 20.8 Å². The molecule has 9 rings (SSSR count). The van der Waals surface area contributed by atoms with Crippen molar-refractivity contribution in [1.29, 1.82) is 0 Å². The van der Waals surface area contributed by atoms with Crippen LogP contribution in [-0.2, 0) is 32.3 Å². The van der Waals surface area contributed by atoms with Gasteiger partial charge in [-0.25, -0.2) is 0 Å². The summed E-state index contributed by atoms with van der Waals surface area (Å²) in [4.78, 5) is 4.81. The Morgan fingerprint density at radius 1 is 0.820 bits per heavy atom. The molecule has 6 bridgehead atoms. The van der Waals surface area contributed by atoms with E-state index in [0.717, 1.165) is 61.4 Å². The Bertz CT molecular complexity index is 1890. The van der Waals surface area contributed by atoms with Crippen molar-refractivity contribution in [3.63, 3.8) is 0 Å². The Morgan fingerprint density at radius 2 is 1.54 bits per heavy atom. The number of ether oxygens (including phenoxy) is 4. The summed E-state index contributed by atoms with van der Waals surface area (Å²) in [5, 5.41) is 10.5. The van der Waals surface area contributed by atoms with Crippen molar-refractivity contribution < 1.29 is 49.1 Å². The van der Waals surface area contributed by atoms with E-state index in [1.165, 1.54) is 40.7 Å². The molecular weight excluding hydrogens is 743 g/mol. The molecular formula is C41H46IN2O6-. The second kappa shape index (κ2) is 14.0. The molecule has 1 unspecified atom stereocenters. The zero-order chi connectivity index (χ0) is 34.5. The molecule has 0 spiro atoms. The standard InChI is InChI=1S/C41H46IN2O6/c1-43-15-13-27-21-36(47-3)37-22-32(27)33(43)18-25-7-12-31(39(42-46)26-8-9-26)35(19-25)49-30-10-5-24(6-11-30)17-34-38-28(14-16-44(34)2)20-29(23-45)40(48-4)41(38)50-37/h5-7,10-12,19-22,26,33-34,39,45-46H,8-9,13-18,23H2,1-4H3/q-1/t33-,34+,39?/m1/s1. The first-order chi connectivity index (χ1) is 24.4. The predicted octanol–water partition coefficient (Wildman–Crippen LogP) is 4.08. The SMILES string of the molecule is COc1cc2c3cc1Oc1c(OC)c(CO)cc4c1[C@H](Cc1ccc(cc1)Oc1cc(ccc1C([I-]O)C1CC1)C[C@H]3N(C)CC2)N(C)CC4. The fourth-order valence-electron chi connectivity index (χ4n) is 8.23. The van der Waals surface area contributed by atoms with Crippen molar-refractivity contribution in [1.82, 2.24) is 9.80 Å². The van der Waals surface area contributed by atoms with Gasteiger partial charge in [0.15, 0.2) is 5.75 Å². The summed E-state index contributed by atoms with van der Waals surface area (Å²) in [7, 11) is 7.71. The van der Waals surface area contributed by atoms with Crippen LogP contribution < -0.4 is 40.6 Å². The molecule has 2 N–H and O–H groups in total. The quantitative estimate of drug-likeness (QED) is 0.224. The monoisotopic (exact) mass is 789 g/mol. The average molecular weight is 790 g/mol. The van der Waals surface area contributed by atoms with Crippen molar-refractivity contribution in [2.45, 2.75) is 61.1 Å². The van der Waals surface area contributed by atoms with Gasteiger partial charge in [0, 0.05) is 5.56 Å². The smallest absolute Gasteiger partial charge is 0.0145 e. The number of aliphatic hydroxyl groups is 1. The molecule has 5 aliphatic rings. The van der Waals surface area contributed by atoms with Crippen LogP contribution in [0.5, 0.6) is 34.5 Å². The van der Waals surface area contributed by atoms with Crippen LogP contribution in [0.25, 0.3) is 0 Å².